The second-order valence-corrected chi connectivity index (χ2v) is 7.27. The van der Waals surface area contributed by atoms with Crippen LogP contribution in [0.3, 0.4) is 0 Å². The fourth-order valence-electron chi connectivity index (χ4n) is 2.95. The van der Waals surface area contributed by atoms with Crippen molar-refractivity contribution in [2.24, 2.45) is 0 Å². The van der Waals surface area contributed by atoms with Crippen molar-refractivity contribution in [2.45, 2.75) is 6.92 Å². The molecule has 0 bridgehead atoms. The summed E-state index contributed by atoms with van der Waals surface area (Å²) >= 11 is 1.44. The van der Waals surface area contributed by atoms with Gasteiger partial charge in [-0.1, -0.05) is 0 Å². The fraction of sp³-hybridized carbons (Fsp3) is 0.421. The summed E-state index contributed by atoms with van der Waals surface area (Å²) in [4.78, 5) is 33.0. The van der Waals surface area contributed by atoms with Crippen LogP contribution in [0.5, 0.6) is 5.75 Å². The first-order valence-corrected chi connectivity index (χ1v) is 10.1. The monoisotopic (exact) mass is 403 g/mol. The van der Waals surface area contributed by atoms with E-state index >= 15 is 0 Å². The predicted octanol–water partition coefficient (Wildman–Crippen LogP) is 1.98. The lowest BCUT2D eigenvalue weighted by molar-refractivity contribution is -0.117. The zero-order valence-corrected chi connectivity index (χ0v) is 16.9. The fourth-order valence-corrected chi connectivity index (χ4v) is 3.71. The van der Waals surface area contributed by atoms with Crippen LogP contribution in [0, 0.1) is 0 Å². The maximum absolute atomic E-state index is 12.6. The van der Waals surface area contributed by atoms with E-state index < -0.39 is 0 Å². The number of carbonyl (C=O) groups excluding carboxylic acids is 2. The van der Waals surface area contributed by atoms with Gasteiger partial charge in [0.05, 0.1) is 13.7 Å². The average Bonchev–Trinajstić information content (AvgIpc) is 3.17. The first-order chi connectivity index (χ1) is 13.6. The van der Waals surface area contributed by atoms with Gasteiger partial charge in [0.2, 0.25) is 5.91 Å². The summed E-state index contributed by atoms with van der Waals surface area (Å²) < 4.78 is 5.11. The minimum absolute atomic E-state index is 0.0530. The molecule has 0 aliphatic carbocycles. The number of ether oxygens (including phenoxy) is 1. The summed E-state index contributed by atoms with van der Waals surface area (Å²) in [6.45, 7) is 5.56. The molecule has 0 radical (unpaired) electrons. The Bertz CT molecular complexity index is 800. The Hall–Kier alpha value is -2.65. The van der Waals surface area contributed by atoms with Crippen LogP contribution in [0.15, 0.2) is 29.6 Å². The normalized spacial score (nSPS) is 14.6. The van der Waals surface area contributed by atoms with Crippen molar-refractivity contribution in [2.75, 3.05) is 57.0 Å². The third-order valence-electron chi connectivity index (χ3n) is 4.45. The van der Waals surface area contributed by atoms with E-state index in [1.165, 1.54) is 11.3 Å². The highest BCUT2D eigenvalue weighted by Gasteiger charge is 2.24. The van der Waals surface area contributed by atoms with Crippen LogP contribution in [0.1, 0.15) is 17.4 Å². The number of piperazine rings is 1. The molecule has 0 spiro atoms. The summed E-state index contributed by atoms with van der Waals surface area (Å²) in [6, 6.07) is 7.23. The first-order valence-electron chi connectivity index (χ1n) is 9.24. The highest BCUT2D eigenvalue weighted by Crippen LogP contribution is 2.18. The average molecular weight is 404 g/mol. The molecule has 2 aromatic rings. The van der Waals surface area contributed by atoms with Gasteiger partial charge in [0.1, 0.15) is 11.4 Å². The molecule has 2 amide bonds. The molecule has 2 N–H and O–H groups in total. The number of benzene rings is 1. The lowest BCUT2D eigenvalue weighted by Gasteiger charge is -2.33. The zero-order chi connectivity index (χ0) is 19.9. The SMILES string of the molecule is CCNc1nc(C(=O)N2CCN(CC(=O)Nc3ccc(OC)cc3)CC2)cs1. The van der Waals surface area contributed by atoms with Crippen LogP contribution in [-0.2, 0) is 4.79 Å². The number of amides is 2. The number of rotatable bonds is 7. The largest absolute Gasteiger partial charge is 0.497 e. The molecule has 3 rings (SSSR count). The number of nitrogens with one attached hydrogen (secondary N) is 2. The Balaban J connectivity index is 1.45. The predicted molar refractivity (Wildman–Crippen MR) is 110 cm³/mol. The van der Waals surface area contributed by atoms with Crippen molar-refractivity contribution < 1.29 is 14.3 Å². The van der Waals surface area contributed by atoms with Crippen LogP contribution in [0.25, 0.3) is 0 Å². The molecule has 1 aromatic carbocycles. The van der Waals surface area contributed by atoms with Crippen molar-refractivity contribution in [3.8, 4) is 5.75 Å². The molecule has 1 aliphatic rings. The summed E-state index contributed by atoms with van der Waals surface area (Å²) in [5.41, 5.74) is 1.21. The quantitative estimate of drug-likeness (QED) is 0.735. The van der Waals surface area contributed by atoms with E-state index in [0.29, 0.717) is 38.4 Å². The molecule has 1 fully saturated rings. The number of hydrogen-bond donors (Lipinski definition) is 2. The van der Waals surface area contributed by atoms with Crippen molar-refractivity contribution in [1.29, 1.82) is 0 Å². The zero-order valence-electron chi connectivity index (χ0n) is 16.1. The van der Waals surface area contributed by atoms with Crippen LogP contribution in [-0.4, -0.2) is 73.0 Å². The van der Waals surface area contributed by atoms with Crippen LogP contribution < -0.4 is 15.4 Å². The molecule has 0 unspecified atom stereocenters. The van der Waals surface area contributed by atoms with Crippen molar-refractivity contribution >= 4 is 34.0 Å². The van der Waals surface area contributed by atoms with Gasteiger partial charge in [0, 0.05) is 43.8 Å². The van der Waals surface area contributed by atoms with E-state index in [1.807, 2.05) is 24.0 Å². The van der Waals surface area contributed by atoms with E-state index in [2.05, 4.69) is 15.6 Å². The number of methoxy groups -OCH3 is 1. The lowest BCUT2D eigenvalue weighted by atomic mass is 10.2. The Morgan fingerprint density at radius 1 is 1.18 bits per heavy atom. The second kappa shape index (κ2) is 9.52. The number of hydrogen-bond acceptors (Lipinski definition) is 7. The van der Waals surface area contributed by atoms with Gasteiger partial charge in [0.15, 0.2) is 5.13 Å². The number of thiazole rings is 1. The Kier molecular flexibility index (Phi) is 6.83. The molecule has 2 heterocycles. The van der Waals surface area contributed by atoms with Gasteiger partial charge < -0.3 is 20.3 Å². The Morgan fingerprint density at radius 3 is 2.54 bits per heavy atom. The van der Waals surface area contributed by atoms with Gasteiger partial charge in [-0.2, -0.15) is 0 Å². The van der Waals surface area contributed by atoms with Gasteiger partial charge in [-0.25, -0.2) is 4.98 Å². The Morgan fingerprint density at radius 2 is 1.89 bits per heavy atom. The topological polar surface area (TPSA) is 86.8 Å². The standard InChI is InChI=1S/C19H25N5O3S/c1-3-20-19-22-16(13-28-19)18(26)24-10-8-23(9-11-24)12-17(25)21-14-4-6-15(27-2)7-5-14/h4-7,13H,3,8-12H2,1-2H3,(H,20,22)(H,21,25). The minimum Gasteiger partial charge on any atom is -0.497 e. The van der Waals surface area contributed by atoms with Crippen LogP contribution >= 0.6 is 11.3 Å². The minimum atomic E-state index is -0.0697. The van der Waals surface area contributed by atoms with E-state index in [4.69, 9.17) is 4.74 Å². The molecule has 1 saturated heterocycles. The third-order valence-corrected chi connectivity index (χ3v) is 5.25. The summed E-state index contributed by atoms with van der Waals surface area (Å²) in [5.74, 6) is 0.624. The maximum Gasteiger partial charge on any atom is 0.273 e. The van der Waals surface area contributed by atoms with Gasteiger partial charge in [-0.05, 0) is 31.2 Å². The third kappa shape index (κ3) is 5.20. The maximum atomic E-state index is 12.6. The van der Waals surface area contributed by atoms with Crippen molar-refractivity contribution in [3.05, 3.63) is 35.3 Å². The van der Waals surface area contributed by atoms with Gasteiger partial charge in [0.25, 0.3) is 5.91 Å². The molecule has 9 heteroatoms. The first kappa shape index (κ1) is 20.1. The summed E-state index contributed by atoms with van der Waals surface area (Å²) in [5, 5.41) is 8.55. The van der Waals surface area contributed by atoms with Gasteiger partial charge >= 0.3 is 0 Å². The highest BCUT2D eigenvalue weighted by molar-refractivity contribution is 7.13. The molecule has 1 aromatic heterocycles. The molecule has 150 valence electrons. The molecule has 8 nitrogen and oxygen atoms in total. The number of nitrogens with zero attached hydrogens (tertiary/aromatic N) is 3. The van der Waals surface area contributed by atoms with Crippen molar-refractivity contribution in [3.63, 3.8) is 0 Å². The summed E-state index contributed by atoms with van der Waals surface area (Å²) in [6.07, 6.45) is 0. The van der Waals surface area contributed by atoms with Crippen LogP contribution in [0.2, 0.25) is 0 Å². The molecular formula is C19H25N5O3S. The molecule has 1 aliphatic heterocycles. The van der Waals surface area contributed by atoms with E-state index in [0.717, 1.165) is 23.1 Å². The second-order valence-electron chi connectivity index (χ2n) is 6.41. The number of anilines is 2. The molecule has 0 atom stereocenters. The smallest absolute Gasteiger partial charge is 0.273 e. The van der Waals surface area contributed by atoms with E-state index in [1.54, 1.807) is 29.5 Å². The summed E-state index contributed by atoms with van der Waals surface area (Å²) in [7, 11) is 1.60. The van der Waals surface area contributed by atoms with Gasteiger partial charge in [-0.3, -0.25) is 14.5 Å². The molecule has 28 heavy (non-hydrogen) atoms. The Labute approximate surface area is 168 Å². The van der Waals surface area contributed by atoms with Crippen LogP contribution in [0.4, 0.5) is 10.8 Å². The molecule has 0 saturated carbocycles. The lowest BCUT2D eigenvalue weighted by Crippen LogP contribution is -2.50. The van der Waals surface area contributed by atoms with Gasteiger partial charge in [-0.15, -0.1) is 11.3 Å². The van der Waals surface area contributed by atoms with E-state index in [-0.39, 0.29) is 11.8 Å². The van der Waals surface area contributed by atoms with Crippen molar-refractivity contribution in [1.82, 2.24) is 14.8 Å². The van der Waals surface area contributed by atoms with E-state index in [9.17, 15) is 9.59 Å². The molecular weight excluding hydrogens is 378 g/mol. The highest BCUT2D eigenvalue weighted by atomic mass is 32.1. The number of carbonyl (C=O) groups is 2. The number of aromatic nitrogens is 1.